The highest BCUT2D eigenvalue weighted by molar-refractivity contribution is 7.98. The summed E-state index contributed by atoms with van der Waals surface area (Å²) in [5, 5.41) is 10.8. The van der Waals surface area contributed by atoms with Crippen molar-refractivity contribution in [2.45, 2.75) is 12.8 Å². The first-order valence-electron chi connectivity index (χ1n) is 4.34. The first-order valence-corrected chi connectivity index (χ1v) is 5.74. The van der Waals surface area contributed by atoms with E-state index in [1.54, 1.807) is 11.8 Å². The zero-order valence-electron chi connectivity index (χ0n) is 8.16. The van der Waals surface area contributed by atoms with Crippen LogP contribution in [0.1, 0.15) is 12.8 Å². The number of amides is 1. The number of aliphatic carboxylic acids is 1. The Morgan fingerprint density at radius 2 is 2.07 bits per heavy atom. The molecule has 0 aromatic carbocycles. The second-order valence-corrected chi connectivity index (χ2v) is 3.65. The van der Waals surface area contributed by atoms with Crippen molar-refractivity contribution >= 4 is 23.6 Å². The number of carboxylic acid groups (broad SMARTS) is 1. The van der Waals surface area contributed by atoms with Crippen molar-refractivity contribution in [1.29, 1.82) is 0 Å². The number of rotatable bonds is 7. The molecule has 0 spiro atoms. The van der Waals surface area contributed by atoms with Gasteiger partial charge in [0.25, 0.3) is 0 Å². The molecule has 0 bridgehead atoms. The molecule has 2 N–H and O–H groups in total. The average Bonchev–Trinajstić information content (AvgIpc) is 2.14. The normalized spacial score (nSPS) is 10.4. The summed E-state index contributed by atoms with van der Waals surface area (Å²) >= 11 is 1.77. The predicted molar refractivity (Wildman–Crippen MR) is 57.4 cm³/mol. The number of unbranched alkanes of at least 4 members (excludes halogenated alkanes) is 1. The number of hydrogen-bond acceptors (Lipinski definition) is 3. The predicted octanol–water partition coefficient (Wildman–Crippen LogP) is 0.887. The molecule has 80 valence electrons. The topological polar surface area (TPSA) is 66.4 Å². The smallest absolute Gasteiger partial charge is 0.328 e. The largest absolute Gasteiger partial charge is 0.478 e. The second-order valence-electron chi connectivity index (χ2n) is 2.66. The Balaban J connectivity index is 3.40. The van der Waals surface area contributed by atoms with Crippen LogP contribution in [-0.2, 0) is 9.59 Å². The van der Waals surface area contributed by atoms with Crippen molar-refractivity contribution in [2.24, 2.45) is 0 Å². The molecule has 0 aromatic rings. The van der Waals surface area contributed by atoms with E-state index in [0.717, 1.165) is 30.7 Å². The van der Waals surface area contributed by atoms with Crippen LogP contribution in [0.5, 0.6) is 0 Å². The van der Waals surface area contributed by atoms with Crippen LogP contribution in [0.15, 0.2) is 12.2 Å². The first kappa shape index (κ1) is 13.0. The number of carbonyl (C=O) groups is 2. The third-order valence-electron chi connectivity index (χ3n) is 1.45. The summed E-state index contributed by atoms with van der Waals surface area (Å²) in [6.07, 6.45) is 5.87. The van der Waals surface area contributed by atoms with Crippen LogP contribution in [-0.4, -0.2) is 35.5 Å². The Morgan fingerprint density at radius 1 is 1.36 bits per heavy atom. The van der Waals surface area contributed by atoms with E-state index in [1.807, 2.05) is 6.26 Å². The van der Waals surface area contributed by atoms with E-state index in [2.05, 4.69) is 5.32 Å². The number of carboxylic acids is 1. The van der Waals surface area contributed by atoms with E-state index in [0.29, 0.717) is 6.54 Å². The lowest BCUT2D eigenvalue weighted by molar-refractivity contribution is -0.131. The third kappa shape index (κ3) is 9.12. The Kier molecular flexibility index (Phi) is 8.02. The van der Waals surface area contributed by atoms with Crippen molar-refractivity contribution in [3.63, 3.8) is 0 Å². The van der Waals surface area contributed by atoms with Crippen LogP contribution in [0, 0.1) is 0 Å². The standard InChI is InChI=1S/C9H15NO3S/c1-14-7-3-2-6-10-8(11)4-5-9(12)13/h4-5H,2-3,6-7H2,1H3,(H,10,11)(H,12,13)/b5-4+. The molecule has 0 radical (unpaired) electrons. The number of hydrogen-bond donors (Lipinski definition) is 2. The summed E-state index contributed by atoms with van der Waals surface area (Å²) < 4.78 is 0. The van der Waals surface area contributed by atoms with Gasteiger partial charge in [-0.25, -0.2) is 4.79 Å². The molecule has 0 aliphatic carbocycles. The minimum Gasteiger partial charge on any atom is -0.478 e. The molecule has 4 nitrogen and oxygen atoms in total. The number of thioether (sulfide) groups is 1. The van der Waals surface area contributed by atoms with Crippen molar-refractivity contribution in [2.75, 3.05) is 18.6 Å². The molecular weight excluding hydrogens is 202 g/mol. The van der Waals surface area contributed by atoms with E-state index in [4.69, 9.17) is 5.11 Å². The maximum Gasteiger partial charge on any atom is 0.328 e. The van der Waals surface area contributed by atoms with Crippen molar-refractivity contribution < 1.29 is 14.7 Å². The lowest BCUT2D eigenvalue weighted by Crippen LogP contribution is -2.22. The maximum absolute atomic E-state index is 10.9. The second kappa shape index (κ2) is 8.62. The molecule has 0 aliphatic heterocycles. The Labute approximate surface area is 87.8 Å². The maximum atomic E-state index is 10.9. The van der Waals surface area contributed by atoms with Crippen LogP contribution in [0.2, 0.25) is 0 Å². The molecule has 14 heavy (non-hydrogen) atoms. The zero-order valence-corrected chi connectivity index (χ0v) is 8.97. The fourth-order valence-electron chi connectivity index (χ4n) is 0.789. The van der Waals surface area contributed by atoms with Crippen LogP contribution in [0.4, 0.5) is 0 Å². The van der Waals surface area contributed by atoms with E-state index in [1.165, 1.54) is 0 Å². The van der Waals surface area contributed by atoms with Crippen molar-refractivity contribution in [3.05, 3.63) is 12.2 Å². The van der Waals surface area contributed by atoms with Gasteiger partial charge in [-0.05, 0) is 24.9 Å². The summed E-state index contributed by atoms with van der Waals surface area (Å²) in [5.41, 5.74) is 0. The molecule has 0 aliphatic rings. The van der Waals surface area contributed by atoms with E-state index < -0.39 is 5.97 Å². The van der Waals surface area contributed by atoms with Gasteiger partial charge in [-0.1, -0.05) is 0 Å². The molecule has 1 amide bonds. The minimum absolute atomic E-state index is 0.350. The highest BCUT2D eigenvalue weighted by Gasteiger charge is 1.95. The number of carbonyl (C=O) groups excluding carboxylic acids is 1. The highest BCUT2D eigenvalue weighted by Crippen LogP contribution is 1.97. The van der Waals surface area contributed by atoms with Gasteiger partial charge in [-0.2, -0.15) is 11.8 Å². The average molecular weight is 217 g/mol. The lowest BCUT2D eigenvalue weighted by atomic mass is 10.3. The lowest BCUT2D eigenvalue weighted by Gasteiger charge is -2.00. The van der Waals surface area contributed by atoms with Gasteiger partial charge in [-0.15, -0.1) is 0 Å². The van der Waals surface area contributed by atoms with Gasteiger partial charge >= 0.3 is 5.97 Å². The molecule has 0 unspecified atom stereocenters. The molecule has 0 atom stereocenters. The van der Waals surface area contributed by atoms with Crippen LogP contribution in [0.25, 0.3) is 0 Å². The van der Waals surface area contributed by atoms with Gasteiger partial charge in [0.1, 0.15) is 0 Å². The molecule has 0 rings (SSSR count). The summed E-state index contributed by atoms with van der Waals surface area (Å²) in [7, 11) is 0. The van der Waals surface area contributed by atoms with Gasteiger partial charge in [0.15, 0.2) is 0 Å². The fourth-order valence-corrected chi connectivity index (χ4v) is 1.28. The molecule has 0 fully saturated rings. The molecular formula is C9H15NO3S. The van der Waals surface area contributed by atoms with Crippen LogP contribution in [0.3, 0.4) is 0 Å². The van der Waals surface area contributed by atoms with Crippen LogP contribution < -0.4 is 5.32 Å². The summed E-state index contributed by atoms with van der Waals surface area (Å²) in [5.74, 6) is -0.375. The van der Waals surface area contributed by atoms with E-state index in [9.17, 15) is 9.59 Å². The Bertz CT molecular complexity index is 216. The van der Waals surface area contributed by atoms with E-state index in [-0.39, 0.29) is 5.91 Å². The van der Waals surface area contributed by atoms with Crippen molar-refractivity contribution in [3.8, 4) is 0 Å². The molecule has 0 aromatic heterocycles. The molecule has 5 heteroatoms. The number of nitrogens with one attached hydrogen (secondary N) is 1. The van der Waals surface area contributed by atoms with Crippen LogP contribution >= 0.6 is 11.8 Å². The van der Waals surface area contributed by atoms with E-state index >= 15 is 0 Å². The Morgan fingerprint density at radius 3 is 2.64 bits per heavy atom. The van der Waals surface area contributed by atoms with Gasteiger partial charge in [0.05, 0.1) is 0 Å². The van der Waals surface area contributed by atoms with Crippen molar-refractivity contribution in [1.82, 2.24) is 5.32 Å². The fraction of sp³-hybridized carbons (Fsp3) is 0.556. The van der Waals surface area contributed by atoms with Gasteiger partial charge < -0.3 is 10.4 Å². The zero-order chi connectivity index (χ0) is 10.8. The van der Waals surface area contributed by atoms with Gasteiger partial charge in [0, 0.05) is 18.7 Å². The molecule has 0 saturated heterocycles. The highest BCUT2D eigenvalue weighted by atomic mass is 32.2. The molecule has 0 saturated carbocycles. The Hall–Kier alpha value is -0.970. The summed E-state index contributed by atoms with van der Waals surface area (Å²) in [6.45, 7) is 0.601. The quantitative estimate of drug-likeness (QED) is 0.491. The SMILES string of the molecule is CSCCCCNC(=O)/C=C/C(=O)O. The van der Waals surface area contributed by atoms with Gasteiger partial charge in [0.2, 0.25) is 5.91 Å². The third-order valence-corrected chi connectivity index (χ3v) is 2.15. The summed E-state index contributed by atoms with van der Waals surface area (Å²) in [4.78, 5) is 21.0. The minimum atomic E-state index is -1.11. The first-order chi connectivity index (χ1) is 6.66. The summed E-state index contributed by atoms with van der Waals surface area (Å²) in [6, 6.07) is 0. The van der Waals surface area contributed by atoms with Gasteiger partial charge in [-0.3, -0.25) is 4.79 Å². The monoisotopic (exact) mass is 217 g/mol. The molecule has 0 heterocycles.